The fourth-order valence-electron chi connectivity index (χ4n) is 4.35. The monoisotopic (exact) mass is 437 g/mol. The summed E-state index contributed by atoms with van der Waals surface area (Å²) in [5.41, 5.74) is 6.75. The fraction of sp³-hybridized carbons (Fsp3) is 0.435. The summed E-state index contributed by atoms with van der Waals surface area (Å²) in [6, 6.07) is 6.17. The molecule has 1 aliphatic carbocycles. The number of anilines is 1. The highest BCUT2D eigenvalue weighted by Crippen LogP contribution is 2.38. The molecule has 7 nitrogen and oxygen atoms in total. The normalized spacial score (nSPS) is 17.2. The topological polar surface area (TPSA) is 71.9 Å². The number of thiophene rings is 1. The van der Waals surface area contributed by atoms with Crippen LogP contribution in [0.1, 0.15) is 34.4 Å². The molecule has 0 amide bonds. The maximum atomic E-state index is 5.57. The lowest BCUT2D eigenvalue weighted by molar-refractivity contribution is 0.0339. The highest BCUT2D eigenvalue weighted by Gasteiger charge is 2.19. The molecule has 1 aromatic carbocycles. The van der Waals surface area contributed by atoms with Crippen LogP contribution >= 0.6 is 11.3 Å². The van der Waals surface area contributed by atoms with Crippen LogP contribution in [0, 0.1) is 0 Å². The standard InChI is InChI=1S/C23H27N5O2S/c1-29-19-7-6-16(12-17(19)14-28-8-10-30-11-9-28)13-26-27-22-21-18-4-2-3-5-20(18)31-23(21)25-15-24-22/h6-7,12-13,15H,2-5,8-11,14H2,1H3,(H,24,25,27)/b26-13-. The first-order valence-corrected chi connectivity index (χ1v) is 11.6. The molecule has 1 fully saturated rings. The van der Waals surface area contributed by atoms with Gasteiger partial charge in [-0.05, 0) is 55.0 Å². The van der Waals surface area contributed by atoms with E-state index in [4.69, 9.17) is 9.47 Å². The third-order valence-electron chi connectivity index (χ3n) is 5.94. The Labute approximate surface area is 186 Å². The van der Waals surface area contributed by atoms with Gasteiger partial charge in [0.15, 0.2) is 5.82 Å². The summed E-state index contributed by atoms with van der Waals surface area (Å²) in [5.74, 6) is 1.70. The van der Waals surface area contributed by atoms with E-state index in [1.165, 1.54) is 23.3 Å². The zero-order chi connectivity index (χ0) is 21.0. The molecule has 5 rings (SSSR count). The molecule has 0 atom stereocenters. The van der Waals surface area contributed by atoms with Gasteiger partial charge in [0, 0.05) is 30.1 Å². The molecule has 1 saturated heterocycles. The van der Waals surface area contributed by atoms with Crippen molar-refractivity contribution in [3.63, 3.8) is 0 Å². The summed E-state index contributed by atoms with van der Waals surface area (Å²) in [7, 11) is 1.72. The first kappa shape index (κ1) is 20.4. The van der Waals surface area contributed by atoms with Gasteiger partial charge >= 0.3 is 0 Å². The van der Waals surface area contributed by atoms with E-state index in [1.54, 1.807) is 24.8 Å². The number of fused-ring (bicyclic) bond motifs is 3. The van der Waals surface area contributed by atoms with Crippen molar-refractivity contribution in [1.29, 1.82) is 0 Å². The van der Waals surface area contributed by atoms with Crippen LogP contribution < -0.4 is 10.2 Å². The molecule has 31 heavy (non-hydrogen) atoms. The Morgan fingerprint density at radius 1 is 1.23 bits per heavy atom. The van der Waals surface area contributed by atoms with Crippen molar-refractivity contribution < 1.29 is 9.47 Å². The summed E-state index contributed by atoms with van der Waals surface area (Å²) in [5, 5.41) is 5.64. The van der Waals surface area contributed by atoms with Gasteiger partial charge in [-0.25, -0.2) is 9.97 Å². The molecule has 3 heterocycles. The van der Waals surface area contributed by atoms with Gasteiger partial charge in [0.1, 0.15) is 16.9 Å². The number of nitrogens with zero attached hydrogens (tertiary/aromatic N) is 4. The average Bonchev–Trinajstić information content (AvgIpc) is 3.19. The lowest BCUT2D eigenvalue weighted by Crippen LogP contribution is -2.35. The molecule has 3 aromatic rings. The zero-order valence-corrected chi connectivity index (χ0v) is 18.6. The van der Waals surface area contributed by atoms with E-state index in [2.05, 4.69) is 31.5 Å². The van der Waals surface area contributed by atoms with E-state index in [0.717, 1.165) is 78.6 Å². The lowest BCUT2D eigenvalue weighted by atomic mass is 9.97. The van der Waals surface area contributed by atoms with Gasteiger partial charge in [0.05, 0.1) is 31.9 Å². The molecule has 2 aliphatic rings. The van der Waals surface area contributed by atoms with Crippen molar-refractivity contribution in [2.75, 3.05) is 38.8 Å². The Morgan fingerprint density at radius 2 is 2.10 bits per heavy atom. The Balaban J connectivity index is 1.35. The SMILES string of the molecule is COc1ccc(/C=N\Nc2ncnc3sc4c(c23)CCCC4)cc1CN1CCOCC1. The second-order valence-corrected chi connectivity index (χ2v) is 9.03. The Hall–Kier alpha value is -2.55. The van der Waals surface area contributed by atoms with Crippen LogP contribution in [-0.4, -0.2) is 54.5 Å². The molecule has 1 N–H and O–H groups in total. The molecule has 0 bridgehead atoms. The van der Waals surface area contributed by atoms with Crippen molar-refractivity contribution in [2.24, 2.45) is 5.10 Å². The summed E-state index contributed by atoms with van der Waals surface area (Å²) in [6.45, 7) is 4.30. The molecule has 0 unspecified atom stereocenters. The number of benzene rings is 1. The first-order chi connectivity index (χ1) is 15.3. The maximum absolute atomic E-state index is 5.57. The molecular weight excluding hydrogens is 410 g/mol. The summed E-state index contributed by atoms with van der Waals surface area (Å²) < 4.78 is 11.0. The smallest absolute Gasteiger partial charge is 0.158 e. The van der Waals surface area contributed by atoms with Crippen LogP contribution in [0.2, 0.25) is 0 Å². The molecule has 0 spiro atoms. The van der Waals surface area contributed by atoms with Crippen LogP contribution in [0.5, 0.6) is 5.75 Å². The van der Waals surface area contributed by atoms with E-state index < -0.39 is 0 Å². The van der Waals surface area contributed by atoms with Crippen LogP contribution in [-0.2, 0) is 24.1 Å². The van der Waals surface area contributed by atoms with E-state index in [1.807, 2.05) is 18.3 Å². The largest absolute Gasteiger partial charge is 0.496 e. The second-order valence-electron chi connectivity index (χ2n) is 7.94. The molecule has 0 saturated carbocycles. The highest BCUT2D eigenvalue weighted by atomic mass is 32.1. The number of hydrogen-bond acceptors (Lipinski definition) is 8. The minimum atomic E-state index is 0.785. The number of nitrogens with one attached hydrogen (secondary N) is 1. The Bertz CT molecular complexity index is 1090. The van der Waals surface area contributed by atoms with E-state index in [-0.39, 0.29) is 0 Å². The summed E-state index contributed by atoms with van der Waals surface area (Å²) >= 11 is 1.80. The van der Waals surface area contributed by atoms with Gasteiger partial charge in [-0.15, -0.1) is 11.3 Å². The van der Waals surface area contributed by atoms with Crippen LogP contribution in [0.3, 0.4) is 0 Å². The maximum Gasteiger partial charge on any atom is 0.158 e. The van der Waals surface area contributed by atoms with Gasteiger partial charge in [-0.3, -0.25) is 10.3 Å². The molecule has 0 radical (unpaired) electrons. The van der Waals surface area contributed by atoms with Crippen molar-refractivity contribution in [1.82, 2.24) is 14.9 Å². The average molecular weight is 438 g/mol. The third kappa shape index (κ3) is 4.42. The lowest BCUT2D eigenvalue weighted by Gasteiger charge is -2.27. The van der Waals surface area contributed by atoms with Gasteiger partial charge in [0.25, 0.3) is 0 Å². The molecular formula is C23H27N5O2S. The number of hydrogen-bond donors (Lipinski definition) is 1. The van der Waals surface area contributed by atoms with Gasteiger partial charge in [0.2, 0.25) is 0 Å². The molecule has 8 heteroatoms. The number of hydrazone groups is 1. The number of rotatable bonds is 6. The number of aromatic nitrogens is 2. The fourth-order valence-corrected chi connectivity index (χ4v) is 5.57. The van der Waals surface area contributed by atoms with Crippen molar-refractivity contribution in [2.45, 2.75) is 32.2 Å². The Morgan fingerprint density at radius 3 is 2.97 bits per heavy atom. The van der Waals surface area contributed by atoms with E-state index >= 15 is 0 Å². The molecule has 1 aliphatic heterocycles. The Kier molecular flexibility index (Phi) is 6.11. The predicted molar refractivity (Wildman–Crippen MR) is 124 cm³/mol. The summed E-state index contributed by atoms with van der Waals surface area (Å²) in [6.07, 6.45) is 8.21. The van der Waals surface area contributed by atoms with E-state index in [9.17, 15) is 0 Å². The van der Waals surface area contributed by atoms with Crippen LogP contribution in [0.25, 0.3) is 10.2 Å². The van der Waals surface area contributed by atoms with Gasteiger partial charge in [-0.1, -0.05) is 0 Å². The quantitative estimate of drug-likeness (QED) is 0.466. The predicted octanol–water partition coefficient (Wildman–Crippen LogP) is 3.86. The third-order valence-corrected chi connectivity index (χ3v) is 7.14. The molecule has 162 valence electrons. The van der Waals surface area contributed by atoms with Crippen LogP contribution in [0.4, 0.5) is 5.82 Å². The minimum absolute atomic E-state index is 0.785. The number of morpholine rings is 1. The number of methoxy groups -OCH3 is 1. The van der Waals surface area contributed by atoms with Crippen molar-refractivity contribution >= 4 is 33.6 Å². The van der Waals surface area contributed by atoms with Crippen molar-refractivity contribution in [3.8, 4) is 5.75 Å². The van der Waals surface area contributed by atoms with Crippen LogP contribution in [0.15, 0.2) is 29.6 Å². The minimum Gasteiger partial charge on any atom is -0.496 e. The highest BCUT2D eigenvalue weighted by molar-refractivity contribution is 7.19. The first-order valence-electron chi connectivity index (χ1n) is 10.8. The van der Waals surface area contributed by atoms with Gasteiger partial charge in [-0.2, -0.15) is 5.10 Å². The molecule has 2 aromatic heterocycles. The zero-order valence-electron chi connectivity index (χ0n) is 17.8. The summed E-state index contributed by atoms with van der Waals surface area (Å²) in [4.78, 5) is 13.9. The number of ether oxygens (including phenoxy) is 2. The van der Waals surface area contributed by atoms with Crippen molar-refractivity contribution in [3.05, 3.63) is 46.1 Å². The van der Waals surface area contributed by atoms with E-state index in [0.29, 0.717) is 0 Å². The van der Waals surface area contributed by atoms with Gasteiger partial charge < -0.3 is 9.47 Å². The number of aryl methyl sites for hydroxylation is 2. The second kappa shape index (κ2) is 9.30.